The molecule has 166 valence electrons. The number of amides is 1. The van der Waals surface area contributed by atoms with Crippen LogP contribution >= 0.6 is 11.6 Å². The zero-order valence-electron chi connectivity index (χ0n) is 17.1. The van der Waals surface area contributed by atoms with E-state index in [2.05, 4.69) is 25.0 Å². The molecule has 2 N–H and O–H groups in total. The second-order valence-electron chi connectivity index (χ2n) is 7.74. The van der Waals surface area contributed by atoms with Crippen LogP contribution in [0.15, 0.2) is 78.2 Å². The molecule has 0 spiro atoms. The Hall–Kier alpha value is -3.56. The first kappa shape index (κ1) is 21.3. The lowest BCUT2D eigenvalue weighted by Crippen LogP contribution is -2.15. The minimum Gasteiger partial charge on any atom is -0.326 e. The van der Waals surface area contributed by atoms with Gasteiger partial charge in [0, 0.05) is 47.2 Å². The van der Waals surface area contributed by atoms with Crippen LogP contribution in [0.1, 0.15) is 17.9 Å². The van der Waals surface area contributed by atoms with Gasteiger partial charge in [0.05, 0.1) is 9.92 Å². The highest BCUT2D eigenvalue weighted by atomic mass is 35.5. The second-order valence-corrected chi connectivity index (χ2v) is 9.83. The normalized spacial score (nSPS) is 17.5. The highest BCUT2D eigenvalue weighted by molar-refractivity contribution is 7.92. The lowest BCUT2D eigenvalue weighted by atomic mass is 10.1. The van der Waals surface area contributed by atoms with Crippen LogP contribution < -0.4 is 10.0 Å². The highest BCUT2D eigenvalue weighted by Crippen LogP contribution is 2.48. The number of carbonyl (C=O) groups excluding carboxylic acids is 1. The summed E-state index contributed by atoms with van der Waals surface area (Å²) in [6.45, 7) is 0. The van der Waals surface area contributed by atoms with E-state index >= 15 is 0 Å². The van der Waals surface area contributed by atoms with Gasteiger partial charge in [-0.05, 0) is 48.2 Å². The summed E-state index contributed by atoms with van der Waals surface area (Å²) in [4.78, 5) is 24.6. The van der Waals surface area contributed by atoms with E-state index in [0.29, 0.717) is 17.1 Å². The SMILES string of the molecule is O=C(Nc1ccc2cncc(Cl)c2c1)[C@@H]1C[C@H]1c1ccc(S(=O)(=O)Nc2ncccn2)cc1. The molecule has 0 saturated heterocycles. The van der Waals surface area contributed by atoms with Gasteiger partial charge in [-0.25, -0.2) is 23.1 Å². The molecular weight excluding hydrogens is 462 g/mol. The molecular formula is C23H18ClN5O3S. The Morgan fingerprint density at radius 1 is 1.03 bits per heavy atom. The number of nitrogens with zero attached hydrogens (tertiary/aromatic N) is 3. The number of pyridine rings is 1. The summed E-state index contributed by atoms with van der Waals surface area (Å²) in [5, 5.41) is 5.19. The topological polar surface area (TPSA) is 114 Å². The Labute approximate surface area is 195 Å². The average Bonchev–Trinajstić information content (AvgIpc) is 3.61. The molecule has 1 saturated carbocycles. The summed E-state index contributed by atoms with van der Waals surface area (Å²) in [6, 6.07) is 13.6. The number of fused-ring (bicyclic) bond motifs is 1. The van der Waals surface area contributed by atoms with E-state index < -0.39 is 10.0 Å². The van der Waals surface area contributed by atoms with Gasteiger partial charge in [0.25, 0.3) is 10.0 Å². The van der Waals surface area contributed by atoms with Crippen molar-refractivity contribution in [3.05, 3.63) is 83.9 Å². The Morgan fingerprint density at radius 3 is 2.55 bits per heavy atom. The Morgan fingerprint density at radius 2 is 1.79 bits per heavy atom. The first-order chi connectivity index (χ1) is 15.9. The first-order valence-corrected chi connectivity index (χ1v) is 12.0. The molecule has 2 heterocycles. The molecule has 5 rings (SSSR count). The molecule has 0 aliphatic heterocycles. The summed E-state index contributed by atoms with van der Waals surface area (Å²) >= 11 is 6.20. The number of sulfonamides is 1. The molecule has 1 aliphatic rings. The fourth-order valence-electron chi connectivity index (χ4n) is 3.72. The molecule has 2 aromatic carbocycles. The third kappa shape index (κ3) is 4.50. The number of carbonyl (C=O) groups is 1. The Kier molecular flexibility index (Phi) is 5.43. The minimum absolute atomic E-state index is 0.00625. The van der Waals surface area contributed by atoms with Crippen molar-refractivity contribution in [2.45, 2.75) is 17.2 Å². The van der Waals surface area contributed by atoms with Gasteiger partial charge in [-0.1, -0.05) is 29.8 Å². The summed E-state index contributed by atoms with van der Waals surface area (Å²) < 4.78 is 27.4. The average molecular weight is 480 g/mol. The molecule has 1 fully saturated rings. The number of benzene rings is 2. The zero-order valence-corrected chi connectivity index (χ0v) is 18.7. The highest BCUT2D eigenvalue weighted by Gasteiger charge is 2.44. The third-order valence-electron chi connectivity index (χ3n) is 5.52. The molecule has 4 aromatic rings. The van der Waals surface area contributed by atoms with E-state index in [1.165, 1.54) is 24.5 Å². The van der Waals surface area contributed by atoms with E-state index in [0.717, 1.165) is 16.3 Å². The number of hydrogen-bond donors (Lipinski definition) is 2. The number of anilines is 2. The van der Waals surface area contributed by atoms with Gasteiger partial charge in [-0.2, -0.15) is 0 Å². The summed E-state index contributed by atoms with van der Waals surface area (Å²) in [5.74, 6) is -0.205. The predicted molar refractivity (Wildman–Crippen MR) is 126 cm³/mol. The number of halogens is 1. The van der Waals surface area contributed by atoms with E-state index in [4.69, 9.17) is 11.6 Å². The van der Waals surface area contributed by atoms with Crippen LogP contribution in [0.4, 0.5) is 11.6 Å². The largest absolute Gasteiger partial charge is 0.326 e. The summed E-state index contributed by atoms with van der Waals surface area (Å²) in [6.07, 6.45) is 6.90. The van der Waals surface area contributed by atoms with Crippen LogP contribution in [0, 0.1) is 5.92 Å². The fraction of sp³-hybridized carbons (Fsp3) is 0.130. The van der Waals surface area contributed by atoms with Crippen molar-refractivity contribution in [3.63, 3.8) is 0 Å². The first-order valence-electron chi connectivity index (χ1n) is 10.1. The van der Waals surface area contributed by atoms with Crippen LogP contribution in [0.5, 0.6) is 0 Å². The van der Waals surface area contributed by atoms with Crippen molar-refractivity contribution in [1.82, 2.24) is 15.0 Å². The molecule has 10 heteroatoms. The third-order valence-corrected chi connectivity index (χ3v) is 7.16. The molecule has 0 unspecified atom stereocenters. The molecule has 0 radical (unpaired) electrons. The van der Waals surface area contributed by atoms with Crippen molar-refractivity contribution in [3.8, 4) is 0 Å². The van der Waals surface area contributed by atoms with Crippen LogP contribution in [0.3, 0.4) is 0 Å². The van der Waals surface area contributed by atoms with Crippen molar-refractivity contribution in [1.29, 1.82) is 0 Å². The summed E-state index contributed by atoms with van der Waals surface area (Å²) in [7, 11) is -3.80. The number of nitrogens with one attached hydrogen (secondary N) is 2. The number of hydrogen-bond acceptors (Lipinski definition) is 6. The number of rotatable bonds is 6. The Bertz CT molecular complexity index is 1450. The van der Waals surface area contributed by atoms with Crippen LogP contribution in [-0.4, -0.2) is 29.3 Å². The lowest BCUT2D eigenvalue weighted by Gasteiger charge is -2.08. The molecule has 2 aromatic heterocycles. The van der Waals surface area contributed by atoms with Gasteiger partial charge in [0.2, 0.25) is 11.9 Å². The van der Waals surface area contributed by atoms with Gasteiger partial charge in [-0.15, -0.1) is 0 Å². The van der Waals surface area contributed by atoms with Crippen LogP contribution in [0.25, 0.3) is 10.8 Å². The van der Waals surface area contributed by atoms with Gasteiger partial charge in [0.1, 0.15) is 0 Å². The zero-order chi connectivity index (χ0) is 23.0. The predicted octanol–water partition coefficient (Wildman–Crippen LogP) is 4.22. The van der Waals surface area contributed by atoms with Crippen molar-refractivity contribution in [2.24, 2.45) is 5.92 Å². The summed E-state index contributed by atoms with van der Waals surface area (Å²) in [5.41, 5.74) is 1.58. The number of aromatic nitrogens is 3. The van der Waals surface area contributed by atoms with E-state index in [1.54, 1.807) is 30.6 Å². The standard InChI is InChI=1S/C23H18ClN5O3S/c24-21-13-25-12-15-2-5-16(10-19(15)21)28-22(30)20-11-18(20)14-3-6-17(7-4-14)33(31,32)29-23-26-8-1-9-27-23/h1-10,12-13,18,20H,11H2,(H,28,30)(H,26,27,29)/t18-,20+/m0/s1. The maximum absolute atomic E-state index is 12.7. The second kappa shape index (κ2) is 8.42. The molecule has 8 nitrogen and oxygen atoms in total. The Balaban J connectivity index is 1.25. The fourth-order valence-corrected chi connectivity index (χ4v) is 4.90. The van der Waals surface area contributed by atoms with Crippen molar-refractivity contribution >= 4 is 49.9 Å². The molecule has 1 amide bonds. The molecule has 1 aliphatic carbocycles. The van der Waals surface area contributed by atoms with Crippen molar-refractivity contribution in [2.75, 3.05) is 10.0 Å². The van der Waals surface area contributed by atoms with E-state index in [-0.39, 0.29) is 28.6 Å². The van der Waals surface area contributed by atoms with Crippen molar-refractivity contribution < 1.29 is 13.2 Å². The quantitative estimate of drug-likeness (QED) is 0.428. The molecule has 33 heavy (non-hydrogen) atoms. The van der Waals surface area contributed by atoms with Crippen LogP contribution in [0.2, 0.25) is 5.02 Å². The molecule has 0 bridgehead atoms. The monoisotopic (exact) mass is 479 g/mol. The van der Waals surface area contributed by atoms with E-state index in [9.17, 15) is 13.2 Å². The smallest absolute Gasteiger partial charge is 0.264 e. The van der Waals surface area contributed by atoms with E-state index in [1.807, 2.05) is 18.2 Å². The lowest BCUT2D eigenvalue weighted by molar-refractivity contribution is -0.117. The molecule has 2 atom stereocenters. The maximum atomic E-state index is 12.7. The minimum atomic E-state index is -3.80. The van der Waals surface area contributed by atoms with Crippen LogP contribution in [-0.2, 0) is 14.8 Å². The maximum Gasteiger partial charge on any atom is 0.264 e. The van der Waals surface area contributed by atoms with Gasteiger partial charge in [-0.3, -0.25) is 9.78 Å². The van der Waals surface area contributed by atoms with Gasteiger partial charge in [0.15, 0.2) is 0 Å². The van der Waals surface area contributed by atoms with Gasteiger partial charge >= 0.3 is 0 Å². The van der Waals surface area contributed by atoms with Gasteiger partial charge < -0.3 is 5.32 Å².